The summed E-state index contributed by atoms with van der Waals surface area (Å²) in [5, 5.41) is 0. The van der Waals surface area contributed by atoms with Crippen LogP contribution < -0.4 is 5.73 Å². The average Bonchev–Trinajstić information content (AvgIpc) is 2.38. The number of halogens is 4. The normalized spacial score (nSPS) is 14.9. The van der Waals surface area contributed by atoms with Gasteiger partial charge in [-0.25, -0.2) is 4.39 Å². The van der Waals surface area contributed by atoms with Crippen molar-refractivity contribution in [3.63, 3.8) is 0 Å². The summed E-state index contributed by atoms with van der Waals surface area (Å²) in [5.41, 5.74) is 3.78. The van der Waals surface area contributed by atoms with Gasteiger partial charge in [0.15, 0.2) is 0 Å². The smallest absolute Gasteiger partial charge is 0.317 e. The van der Waals surface area contributed by atoms with Crippen LogP contribution >= 0.6 is 0 Å². The number of nitrogens with two attached hydrogens (primary N) is 1. The minimum atomic E-state index is -4.52. The number of benzene rings is 1. The zero-order valence-corrected chi connectivity index (χ0v) is 10.6. The van der Waals surface area contributed by atoms with Crippen LogP contribution in [0.1, 0.15) is 23.7 Å². The van der Waals surface area contributed by atoms with Crippen LogP contribution in [0.4, 0.5) is 17.6 Å². The number of hydrogen-bond donors (Lipinski definition) is 1. The van der Waals surface area contributed by atoms with E-state index in [-0.39, 0.29) is 11.3 Å². The van der Waals surface area contributed by atoms with Crippen molar-refractivity contribution in [3.8, 4) is 0 Å². The van der Waals surface area contributed by atoms with Crippen molar-refractivity contribution in [2.45, 2.75) is 18.6 Å². The Balaban J connectivity index is 2.57. The van der Waals surface area contributed by atoms with Crippen molar-refractivity contribution >= 4 is 0 Å². The highest BCUT2D eigenvalue weighted by Crippen LogP contribution is 2.37. The SMILES string of the molecule is CC(N)(c1ccc(F)cn1)c1ccccc1C(F)(F)F. The molecule has 0 saturated carbocycles. The third-order valence-electron chi connectivity index (χ3n) is 3.05. The summed E-state index contributed by atoms with van der Waals surface area (Å²) in [6.07, 6.45) is -3.59. The zero-order chi connectivity index (χ0) is 15.0. The number of pyridine rings is 1. The maximum absolute atomic E-state index is 13.0. The van der Waals surface area contributed by atoms with Crippen molar-refractivity contribution in [1.82, 2.24) is 4.98 Å². The number of nitrogens with zero attached hydrogens (tertiary/aromatic N) is 1. The van der Waals surface area contributed by atoms with Crippen molar-refractivity contribution in [1.29, 1.82) is 0 Å². The Labute approximate surface area is 113 Å². The van der Waals surface area contributed by atoms with Crippen LogP contribution in [0.25, 0.3) is 0 Å². The molecule has 6 heteroatoms. The van der Waals surface area contributed by atoms with Gasteiger partial charge < -0.3 is 5.73 Å². The molecule has 2 rings (SSSR count). The second kappa shape index (κ2) is 4.86. The van der Waals surface area contributed by atoms with E-state index < -0.39 is 23.1 Å². The summed E-state index contributed by atoms with van der Waals surface area (Å²) >= 11 is 0. The summed E-state index contributed by atoms with van der Waals surface area (Å²) in [4.78, 5) is 3.78. The lowest BCUT2D eigenvalue weighted by Gasteiger charge is -2.27. The molecule has 0 aliphatic heterocycles. The van der Waals surface area contributed by atoms with E-state index in [1.807, 2.05) is 0 Å². The van der Waals surface area contributed by atoms with Crippen LogP contribution in [0.3, 0.4) is 0 Å². The van der Waals surface area contributed by atoms with Gasteiger partial charge in [-0.2, -0.15) is 13.2 Å². The fraction of sp³-hybridized carbons (Fsp3) is 0.214. The van der Waals surface area contributed by atoms with Gasteiger partial charge >= 0.3 is 6.18 Å². The van der Waals surface area contributed by atoms with Crippen molar-refractivity contribution in [3.05, 3.63) is 65.2 Å². The van der Waals surface area contributed by atoms with E-state index >= 15 is 0 Å². The fourth-order valence-corrected chi connectivity index (χ4v) is 2.00. The van der Waals surface area contributed by atoms with Crippen LogP contribution in [0.15, 0.2) is 42.6 Å². The summed E-state index contributed by atoms with van der Waals surface area (Å²) in [7, 11) is 0. The quantitative estimate of drug-likeness (QED) is 0.858. The molecule has 0 amide bonds. The third-order valence-corrected chi connectivity index (χ3v) is 3.05. The van der Waals surface area contributed by atoms with Crippen LogP contribution in [-0.2, 0) is 11.7 Å². The lowest BCUT2D eigenvalue weighted by Crippen LogP contribution is -2.37. The molecule has 0 aliphatic carbocycles. The Hall–Kier alpha value is -1.95. The van der Waals surface area contributed by atoms with E-state index in [0.717, 1.165) is 18.3 Å². The molecule has 1 atom stereocenters. The summed E-state index contributed by atoms with van der Waals surface area (Å²) in [6, 6.07) is 7.42. The maximum Gasteiger partial charge on any atom is 0.416 e. The first-order valence-corrected chi connectivity index (χ1v) is 5.80. The molecule has 2 nitrogen and oxygen atoms in total. The molecule has 1 heterocycles. The first-order valence-electron chi connectivity index (χ1n) is 5.80. The van der Waals surface area contributed by atoms with E-state index in [0.29, 0.717) is 0 Å². The minimum absolute atomic E-state index is 0.105. The predicted molar refractivity (Wildman–Crippen MR) is 66.3 cm³/mol. The molecule has 0 radical (unpaired) electrons. The maximum atomic E-state index is 13.0. The van der Waals surface area contributed by atoms with E-state index in [9.17, 15) is 17.6 Å². The van der Waals surface area contributed by atoms with Gasteiger partial charge in [-0.05, 0) is 30.7 Å². The van der Waals surface area contributed by atoms with Gasteiger partial charge in [-0.15, -0.1) is 0 Å². The average molecular weight is 284 g/mol. The largest absolute Gasteiger partial charge is 0.416 e. The molecule has 0 spiro atoms. The van der Waals surface area contributed by atoms with Gasteiger partial charge in [-0.1, -0.05) is 18.2 Å². The molecule has 1 aromatic heterocycles. The molecule has 2 N–H and O–H groups in total. The number of rotatable bonds is 2. The first kappa shape index (κ1) is 14.5. The number of aromatic nitrogens is 1. The van der Waals surface area contributed by atoms with Crippen LogP contribution in [0.5, 0.6) is 0 Å². The Morgan fingerprint density at radius 2 is 1.60 bits per heavy atom. The highest BCUT2D eigenvalue weighted by atomic mass is 19.4. The van der Waals surface area contributed by atoms with Gasteiger partial charge in [0.05, 0.1) is 23.0 Å². The Morgan fingerprint density at radius 1 is 1.00 bits per heavy atom. The highest BCUT2D eigenvalue weighted by Gasteiger charge is 2.38. The fourth-order valence-electron chi connectivity index (χ4n) is 2.00. The van der Waals surface area contributed by atoms with Crippen LogP contribution in [-0.4, -0.2) is 4.98 Å². The summed E-state index contributed by atoms with van der Waals surface area (Å²) < 4.78 is 51.9. The summed E-state index contributed by atoms with van der Waals surface area (Å²) in [6.45, 7) is 1.41. The minimum Gasteiger partial charge on any atom is -0.317 e. The number of alkyl halides is 3. The lowest BCUT2D eigenvalue weighted by atomic mass is 9.85. The van der Waals surface area contributed by atoms with E-state index in [1.54, 1.807) is 0 Å². The topological polar surface area (TPSA) is 38.9 Å². The molecule has 0 aliphatic rings. The molecule has 2 aromatic rings. The molecule has 20 heavy (non-hydrogen) atoms. The van der Waals surface area contributed by atoms with Crippen LogP contribution in [0, 0.1) is 5.82 Å². The first-order chi connectivity index (χ1) is 9.23. The molecule has 0 fully saturated rings. The van der Waals surface area contributed by atoms with Gasteiger partial charge in [-0.3, -0.25) is 4.98 Å². The molecule has 1 aromatic carbocycles. The van der Waals surface area contributed by atoms with Gasteiger partial charge in [0.25, 0.3) is 0 Å². The van der Waals surface area contributed by atoms with Gasteiger partial charge in [0.2, 0.25) is 0 Å². The van der Waals surface area contributed by atoms with Crippen molar-refractivity contribution in [2.24, 2.45) is 5.73 Å². The molecule has 106 valence electrons. The lowest BCUT2D eigenvalue weighted by molar-refractivity contribution is -0.138. The van der Waals surface area contributed by atoms with E-state index in [4.69, 9.17) is 5.73 Å². The number of hydrogen-bond acceptors (Lipinski definition) is 2. The van der Waals surface area contributed by atoms with Crippen molar-refractivity contribution < 1.29 is 17.6 Å². The molecule has 0 bridgehead atoms. The molecular formula is C14H12F4N2. The van der Waals surface area contributed by atoms with Crippen molar-refractivity contribution in [2.75, 3.05) is 0 Å². The molecule has 0 saturated heterocycles. The van der Waals surface area contributed by atoms with E-state index in [1.165, 1.54) is 31.2 Å². The third kappa shape index (κ3) is 2.65. The van der Waals surface area contributed by atoms with Gasteiger partial charge in [0.1, 0.15) is 5.82 Å². The Kier molecular flexibility index (Phi) is 3.52. The van der Waals surface area contributed by atoms with Crippen LogP contribution in [0.2, 0.25) is 0 Å². The zero-order valence-electron chi connectivity index (χ0n) is 10.6. The highest BCUT2D eigenvalue weighted by molar-refractivity contribution is 5.40. The molecular weight excluding hydrogens is 272 g/mol. The van der Waals surface area contributed by atoms with E-state index in [2.05, 4.69) is 4.98 Å². The standard InChI is InChI=1S/C14H12F4N2/c1-13(19,12-7-6-9(15)8-20-12)10-4-2-3-5-11(10)14(16,17)18/h2-8H,19H2,1H3. The molecule has 1 unspecified atom stereocenters. The Bertz CT molecular complexity index is 603. The second-order valence-electron chi connectivity index (χ2n) is 4.61. The second-order valence-corrected chi connectivity index (χ2v) is 4.61. The predicted octanol–water partition coefficient (Wildman–Crippen LogP) is 3.46. The Morgan fingerprint density at radius 3 is 2.10 bits per heavy atom. The monoisotopic (exact) mass is 284 g/mol. The summed E-state index contributed by atoms with van der Waals surface area (Å²) in [5.74, 6) is -0.575. The van der Waals surface area contributed by atoms with Gasteiger partial charge in [0, 0.05) is 0 Å².